The minimum Gasteiger partial charge on any atom is -0.315 e. The van der Waals surface area contributed by atoms with Crippen LogP contribution in [0.4, 0.5) is 5.69 Å². The number of carbonyl (C=O) groups excluding carboxylic acids is 2. The van der Waals surface area contributed by atoms with Gasteiger partial charge in [0.15, 0.2) is 5.78 Å². The number of carbonyl (C=O) groups is 2. The van der Waals surface area contributed by atoms with Gasteiger partial charge in [-0.1, -0.05) is 13.3 Å². The van der Waals surface area contributed by atoms with Crippen LogP contribution in [-0.2, 0) is 11.2 Å². The van der Waals surface area contributed by atoms with Crippen LogP contribution in [-0.4, -0.2) is 18.7 Å². The fourth-order valence-electron chi connectivity index (χ4n) is 2.31. The maximum Gasteiger partial charge on any atom is 0.227 e. The van der Waals surface area contributed by atoms with E-state index in [4.69, 9.17) is 0 Å². The van der Waals surface area contributed by atoms with E-state index in [9.17, 15) is 9.59 Å². The highest BCUT2D eigenvalue weighted by molar-refractivity contribution is 5.99. The van der Waals surface area contributed by atoms with Crippen LogP contribution in [0.3, 0.4) is 0 Å². The molecule has 1 amide bonds. The minimum absolute atomic E-state index is 0.146. The number of hydrogen-bond donors (Lipinski definition) is 0. The summed E-state index contributed by atoms with van der Waals surface area (Å²) in [5, 5.41) is 0. The molecule has 1 aliphatic rings. The van der Waals surface area contributed by atoms with Gasteiger partial charge in [-0.2, -0.15) is 0 Å². The predicted molar refractivity (Wildman–Crippen MR) is 72.0 cm³/mol. The Hall–Kier alpha value is -1.64. The number of anilines is 1. The van der Waals surface area contributed by atoms with Crippen LogP contribution in [0.2, 0.25) is 0 Å². The van der Waals surface area contributed by atoms with Crippen LogP contribution in [0.15, 0.2) is 18.2 Å². The lowest BCUT2D eigenvalue weighted by molar-refractivity contribution is -0.118. The van der Waals surface area contributed by atoms with Crippen molar-refractivity contribution < 1.29 is 9.59 Å². The zero-order valence-electron chi connectivity index (χ0n) is 11.0. The van der Waals surface area contributed by atoms with E-state index in [0.29, 0.717) is 12.8 Å². The second kappa shape index (κ2) is 5.34. The lowest BCUT2D eigenvalue weighted by Crippen LogP contribution is -2.31. The van der Waals surface area contributed by atoms with Gasteiger partial charge in [-0.25, -0.2) is 0 Å². The summed E-state index contributed by atoms with van der Waals surface area (Å²) in [6.45, 7) is 2.08. The molecule has 0 saturated heterocycles. The topological polar surface area (TPSA) is 37.4 Å². The van der Waals surface area contributed by atoms with Gasteiger partial charge in [0.25, 0.3) is 0 Å². The number of nitrogens with zero attached hydrogens (tertiary/aromatic N) is 1. The Morgan fingerprint density at radius 2 is 2.11 bits per heavy atom. The van der Waals surface area contributed by atoms with Crippen molar-refractivity contribution >= 4 is 17.4 Å². The normalized spacial score (nSPS) is 14.6. The van der Waals surface area contributed by atoms with Gasteiger partial charge in [-0.05, 0) is 36.6 Å². The van der Waals surface area contributed by atoms with Crippen LogP contribution < -0.4 is 4.90 Å². The monoisotopic (exact) mass is 245 g/mol. The first-order valence-corrected chi connectivity index (χ1v) is 6.56. The second-order valence-electron chi connectivity index (χ2n) is 4.82. The van der Waals surface area contributed by atoms with Crippen molar-refractivity contribution in [2.24, 2.45) is 0 Å². The molecular weight excluding hydrogens is 226 g/mol. The molecule has 1 aromatic carbocycles. The maximum absolute atomic E-state index is 12.0. The Morgan fingerprint density at radius 3 is 2.83 bits per heavy atom. The highest BCUT2D eigenvalue weighted by atomic mass is 16.2. The van der Waals surface area contributed by atoms with Crippen molar-refractivity contribution in [2.45, 2.75) is 39.0 Å². The molecule has 0 bridgehead atoms. The quantitative estimate of drug-likeness (QED) is 0.765. The Labute approximate surface area is 108 Å². The molecule has 0 unspecified atom stereocenters. The second-order valence-corrected chi connectivity index (χ2v) is 4.82. The van der Waals surface area contributed by atoms with Crippen LogP contribution in [0.5, 0.6) is 0 Å². The molecule has 1 heterocycles. The molecule has 1 aromatic rings. The lowest BCUT2D eigenvalue weighted by Gasteiger charge is -2.26. The van der Waals surface area contributed by atoms with Crippen LogP contribution in [0.25, 0.3) is 0 Å². The van der Waals surface area contributed by atoms with Gasteiger partial charge in [0.1, 0.15) is 0 Å². The van der Waals surface area contributed by atoms with E-state index in [2.05, 4.69) is 6.92 Å². The number of aryl methyl sites for hydroxylation is 1. The smallest absolute Gasteiger partial charge is 0.227 e. The van der Waals surface area contributed by atoms with Crippen LogP contribution in [0, 0.1) is 0 Å². The van der Waals surface area contributed by atoms with Crippen LogP contribution in [0.1, 0.15) is 48.5 Å². The average Bonchev–Trinajstić information content (AvgIpc) is 2.40. The van der Waals surface area contributed by atoms with Crippen molar-refractivity contribution in [3.05, 3.63) is 29.3 Å². The third-order valence-corrected chi connectivity index (χ3v) is 3.50. The molecule has 2 rings (SSSR count). The Kier molecular flexibility index (Phi) is 3.80. The number of hydrogen-bond acceptors (Lipinski definition) is 2. The molecule has 18 heavy (non-hydrogen) atoms. The largest absolute Gasteiger partial charge is 0.315 e. The standard InChI is InChI=1S/C15H19NO2/c1-3-4-5-14(17)12-6-8-13-11(10-12)7-9-15(18)16(13)2/h6,8,10H,3-5,7,9H2,1-2H3. The zero-order chi connectivity index (χ0) is 13.1. The van der Waals surface area contributed by atoms with Crippen molar-refractivity contribution in [2.75, 3.05) is 11.9 Å². The number of benzene rings is 1. The molecule has 96 valence electrons. The molecular formula is C15H19NO2. The maximum atomic E-state index is 12.0. The Balaban J connectivity index is 2.22. The lowest BCUT2D eigenvalue weighted by atomic mass is 9.96. The summed E-state index contributed by atoms with van der Waals surface area (Å²) in [7, 11) is 1.79. The predicted octanol–water partition coefficient (Wildman–Crippen LogP) is 2.97. The summed E-state index contributed by atoms with van der Waals surface area (Å²) < 4.78 is 0. The van der Waals surface area contributed by atoms with E-state index >= 15 is 0 Å². The molecule has 0 atom stereocenters. The van der Waals surface area contributed by atoms with Crippen LogP contribution >= 0.6 is 0 Å². The van der Waals surface area contributed by atoms with Gasteiger partial charge in [-0.3, -0.25) is 9.59 Å². The summed E-state index contributed by atoms with van der Waals surface area (Å²) in [5.41, 5.74) is 2.84. The Morgan fingerprint density at radius 1 is 1.33 bits per heavy atom. The fourth-order valence-corrected chi connectivity index (χ4v) is 2.31. The molecule has 0 radical (unpaired) electrons. The number of rotatable bonds is 4. The molecule has 3 nitrogen and oxygen atoms in total. The van der Waals surface area contributed by atoms with E-state index in [1.165, 1.54) is 0 Å². The third kappa shape index (κ3) is 2.45. The average molecular weight is 245 g/mol. The van der Waals surface area contributed by atoms with Gasteiger partial charge in [0, 0.05) is 31.1 Å². The molecule has 3 heteroatoms. The molecule has 0 saturated carbocycles. The molecule has 0 N–H and O–H groups in total. The highest BCUT2D eigenvalue weighted by Gasteiger charge is 2.21. The van der Waals surface area contributed by atoms with E-state index in [1.54, 1.807) is 11.9 Å². The summed E-state index contributed by atoms with van der Waals surface area (Å²) in [6, 6.07) is 5.69. The van der Waals surface area contributed by atoms with Gasteiger partial charge < -0.3 is 4.90 Å². The first kappa shape index (κ1) is 12.8. The molecule has 1 aliphatic heterocycles. The Bertz CT molecular complexity index is 479. The van der Waals surface area contributed by atoms with Gasteiger partial charge >= 0.3 is 0 Å². The third-order valence-electron chi connectivity index (χ3n) is 3.50. The number of ketones is 1. The van der Waals surface area contributed by atoms with Crippen molar-refractivity contribution in [1.29, 1.82) is 0 Å². The minimum atomic E-state index is 0.146. The first-order valence-electron chi connectivity index (χ1n) is 6.56. The summed E-state index contributed by atoms with van der Waals surface area (Å²) in [6.07, 6.45) is 3.87. The SMILES string of the molecule is CCCCC(=O)c1ccc2c(c1)CCC(=O)N2C. The molecule has 0 fully saturated rings. The fraction of sp³-hybridized carbons (Fsp3) is 0.467. The summed E-state index contributed by atoms with van der Waals surface area (Å²) in [5.74, 6) is 0.353. The van der Waals surface area contributed by atoms with E-state index < -0.39 is 0 Å². The number of amides is 1. The first-order chi connectivity index (χ1) is 8.63. The van der Waals surface area contributed by atoms with E-state index in [-0.39, 0.29) is 11.7 Å². The van der Waals surface area contributed by atoms with Gasteiger partial charge in [-0.15, -0.1) is 0 Å². The molecule has 0 spiro atoms. The van der Waals surface area contributed by atoms with Gasteiger partial charge in [0.2, 0.25) is 5.91 Å². The summed E-state index contributed by atoms with van der Waals surface area (Å²) >= 11 is 0. The van der Waals surface area contributed by atoms with E-state index in [0.717, 1.165) is 36.1 Å². The summed E-state index contributed by atoms with van der Waals surface area (Å²) in [4.78, 5) is 25.2. The van der Waals surface area contributed by atoms with Gasteiger partial charge in [0.05, 0.1) is 0 Å². The molecule has 0 aliphatic carbocycles. The molecule has 0 aromatic heterocycles. The van der Waals surface area contributed by atoms with Crippen molar-refractivity contribution in [1.82, 2.24) is 0 Å². The number of unbranched alkanes of at least 4 members (excludes halogenated alkanes) is 1. The van der Waals surface area contributed by atoms with Crippen molar-refractivity contribution in [3.63, 3.8) is 0 Å². The zero-order valence-corrected chi connectivity index (χ0v) is 11.0. The number of Topliss-reactive ketones (excluding diaryl/α,β-unsaturated/α-hetero) is 1. The van der Waals surface area contributed by atoms with Crippen molar-refractivity contribution in [3.8, 4) is 0 Å². The van der Waals surface area contributed by atoms with E-state index in [1.807, 2.05) is 18.2 Å². The highest BCUT2D eigenvalue weighted by Crippen LogP contribution is 2.28. The number of fused-ring (bicyclic) bond motifs is 1.